The molecule has 7 nitrogen and oxygen atoms in total. The van der Waals surface area contributed by atoms with Crippen molar-refractivity contribution in [1.29, 1.82) is 0 Å². The first-order chi connectivity index (χ1) is 32.9. The van der Waals surface area contributed by atoms with Crippen LogP contribution in [-0.4, -0.2) is 35.3 Å². The van der Waals surface area contributed by atoms with Crippen molar-refractivity contribution in [3.63, 3.8) is 0 Å². The van der Waals surface area contributed by atoms with Crippen molar-refractivity contribution < 1.29 is 15.3 Å². The van der Waals surface area contributed by atoms with Gasteiger partial charge in [-0.1, -0.05) is 173 Å². The van der Waals surface area contributed by atoms with E-state index >= 15 is 0 Å². The fourth-order valence-electron chi connectivity index (χ4n) is 10.8. The Hall–Kier alpha value is -4.88. The Balaban J connectivity index is 1.33. The van der Waals surface area contributed by atoms with Crippen LogP contribution in [0.15, 0.2) is 72.8 Å². The number of aliphatic hydroxyl groups excluding tert-OH is 1. The van der Waals surface area contributed by atoms with Crippen LogP contribution in [0.1, 0.15) is 214 Å². The number of nitrogens with one attached hydrogen (secondary N) is 2. The molecule has 7 rings (SSSR count). The number of aryl methyl sites for hydroxylation is 3. The van der Waals surface area contributed by atoms with E-state index in [1.54, 1.807) is 18.2 Å². The minimum Gasteiger partial charge on any atom is -0.508 e. The van der Waals surface area contributed by atoms with Gasteiger partial charge in [0.1, 0.15) is 17.6 Å². The summed E-state index contributed by atoms with van der Waals surface area (Å²) in [6, 6.07) is 23.5. The third kappa shape index (κ3) is 13.6. The van der Waals surface area contributed by atoms with Gasteiger partial charge in [0, 0.05) is 50.5 Å². The number of hydrogen-bond donors (Lipinski definition) is 5. The van der Waals surface area contributed by atoms with E-state index in [4.69, 9.17) is 9.97 Å². The number of phenols is 2. The van der Waals surface area contributed by atoms with Crippen LogP contribution in [0.25, 0.3) is 44.3 Å². The first-order valence-corrected chi connectivity index (χ1v) is 26.9. The van der Waals surface area contributed by atoms with E-state index in [0.717, 1.165) is 124 Å². The molecule has 5 heterocycles. The third-order valence-corrected chi connectivity index (χ3v) is 14.6. The Kier molecular flexibility index (Phi) is 19.4. The molecule has 0 unspecified atom stereocenters. The number of rotatable bonds is 26. The average Bonchev–Trinajstić information content (AvgIpc) is 4.08. The number of aromatic hydroxyl groups is 2. The fraction of sp³-hybridized carbons (Fsp3) is 0.533. The van der Waals surface area contributed by atoms with Crippen LogP contribution in [0, 0.1) is 0 Å². The molecule has 67 heavy (non-hydrogen) atoms. The zero-order chi connectivity index (χ0) is 46.8. The number of benzene rings is 2. The van der Waals surface area contributed by atoms with Crippen LogP contribution in [-0.2, 0) is 25.7 Å². The van der Waals surface area contributed by atoms with Crippen LogP contribution in [0.2, 0.25) is 0 Å². The van der Waals surface area contributed by atoms with Crippen LogP contribution >= 0.6 is 0 Å². The predicted octanol–water partition coefficient (Wildman–Crippen LogP) is 16.8. The highest BCUT2D eigenvalue weighted by Gasteiger charge is 2.33. The smallest absolute Gasteiger partial charge is 0.116 e. The number of phenolic OH excluding ortho intramolecular Hbond substituents is 2. The highest BCUT2D eigenvalue weighted by molar-refractivity contribution is 5.95. The number of aliphatic hydroxyl groups is 1. The lowest BCUT2D eigenvalue weighted by Gasteiger charge is -2.18. The van der Waals surface area contributed by atoms with Gasteiger partial charge in [-0.15, -0.1) is 0 Å². The average molecular weight is 907 g/mol. The molecule has 0 saturated carbocycles. The zero-order valence-corrected chi connectivity index (χ0v) is 41.4. The lowest BCUT2D eigenvalue weighted by atomic mass is 9.91. The molecule has 0 saturated heterocycles. The fourth-order valence-corrected chi connectivity index (χ4v) is 10.8. The lowest BCUT2D eigenvalue weighted by Crippen LogP contribution is -2.12. The molecule has 5 N–H and O–H groups in total. The van der Waals surface area contributed by atoms with Crippen molar-refractivity contribution in [3.05, 3.63) is 107 Å². The molecule has 0 spiro atoms. The van der Waals surface area contributed by atoms with Gasteiger partial charge in [-0.05, 0) is 116 Å². The standard InChI is InChI=1S/C60H82N4O3/c1-4-6-8-10-12-14-16-18-20-22-24-33-48-50-35-28-36-51(61-50)49(34-25-23-21-19-17-15-13-11-9-7-5-2)59-60(67)43(3)58(64-59)57(45-30-27-32-47(66)42-45)55-40-39-54(63-55)56(53-38-37-52(48)62-53)44-29-26-31-46(65)41-44/h26-27,29-32,37-43,60,62-63,65-67H,4-25,28,33-36H2,1-3H3/t43-,60-/m1/s1. The van der Waals surface area contributed by atoms with E-state index in [0.29, 0.717) is 0 Å². The Morgan fingerprint density at radius 3 is 1.40 bits per heavy atom. The van der Waals surface area contributed by atoms with E-state index in [2.05, 4.69) is 55.0 Å². The van der Waals surface area contributed by atoms with Gasteiger partial charge in [-0.25, -0.2) is 0 Å². The Bertz CT molecular complexity index is 2480. The minimum atomic E-state index is -0.789. The number of nitrogens with zero attached hydrogens (tertiary/aromatic N) is 2. The van der Waals surface area contributed by atoms with Crippen LogP contribution < -0.4 is 0 Å². The predicted molar refractivity (Wildman–Crippen MR) is 281 cm³/mol. The summed E-state index contributed by atoms with van der Waals surface area (Å²) >= 11 is 0. The Morgan fingerprint density at radius 2 is 0.896 bits per heavy atom. The number of aromatic nitrogens is 4. The molecule has 0 fully saturated rings. The van der Waals surface area contributed by atoms with E-state index in [1.165, 1.54) is 128 Å². The van der Waals surface area contributed by atoms with Crippen molar-refractivity contribution in [3.8, 4) is 33.8 Å². The van der Waals surface area contributed by atoms with Gasteiger partial charge in [-0.2, -0.15) is 0 Å². The van der Waals surface area contributed by atoms with Crippen molar-refractivity contribution in [2.75, 3.05) is 0 Å². The summed E-state index contributed by atoms with van der Waals surface area (Å²) in [7, 11) is 0. The maximum absolute atomic E-state index is 12.4. The van der Waals surface area contributed by atoms with Crippen molar-refractivity contribution in [2.45, 2.75) is 206 Å². The van der Waals surface area contributed by atoms with Gasteiger partial charge in [0.2, 0.25) is 0 Å². The minimum absolute atomic E-state index is 0.175. The van der Waals surface area contributed by atoms with Crippen LogP contribution in [0.5, 0.6) is 11.5 Å². The second-order valence-electron chi connectivity index (χ2n) is 19.9. The molecular formula is C60H82N4O3. The molecule has 0 radical (unpaired) electrons. The molecule has 2 aromatic carbocycles. The normalized spacial score (nSPS) is 15.0. The number of unbranched alkanes of at least 4 members (excludes halogenated alkanes) is 20. The largest absolute Gasteiger partial charge is 0.508 e. The molecule has 2 aliphatic heterocycles. The summed E-state index contributed by atoms with van der Waals surface area (Å²) in [5.74, 6) is 0.0879. The van der Waals surface area contributed by atoms with Gasteiger partial charge in [-0.3, -0.25) is 9.97 Å². The van der Waals surface area contributed by atoms with Crippen LogP contribution in [0.4, 0.5) is 0 Å². The van der Waals surface area contributed by atoms with Gasteiger partial charge < -0.3 is 25.3 Å². The van der Waals surface area contributed by atoms with Gasteiger partial charge in [0.05, 0.1) is 11.4 Å². The molecule has 360 valence electrons. The molecule has 8 bridgehead atoms. The summed E-state index contributed by atoms with van der Waals surface area (Å²) in [5, 5.41) is 34.0. The van der Waals surface area contributed by atoms with E-state index in [9.17, 15) is 15.3 Å². The van der Waals surface area contributed by atoms with Crippen molar-refractivity contribution >= 4 is 22.1 Å². The molecule has 0 aliphatic carbocycles. The van der Waals surface area contributed by atoms with Gasteiger partial charge in [0.25, 0.3) is 0 Å². The number of aromatic amines is 2. The van der Waals surface area contributed by atoms with Gasteiger partial charge in [0.15, 0.2) is 0 Å². The molecule has 2 aliphatic rings. The summed E-state index contributed by atoms with van der Waals surface area (Å²) < 4.78 is 0. The van der Waals surface area contributed by atoms with Crippen molar-refractivity contribution in [2.24, 2.45) is 0 Å². The maximum atomic E-state index is 12.4. The first-order valence-electron chi connectivity index (χ1n) is 26.9. The van der Waals surface area contributed by atoms with E-state index in [-0.39, 0.29) is 17.4 Å². The Morgan fingerprint density at radius 1 is 0.478 bits per heavy atom. The highest BCUT2D eigenvalue weighted by atomic mass is 16.3. The van der Waals surface area contributed by atoms with Crippen molar-refractivity contribution in [1.82, 2.24) is 19.9 Å². The quantitative estimate of drug-likeness (QED) is 0.0354. The van der Waals surface area contributed by atoms with Crippen LogP contribution in [0.3, 0.4) is 0 Å². The second-order valence-corrected chi connectivity index (χ2v) is 19.9. The molecule has 3 aromatic heterocycles. The third-order valence-electron chi connectivity index (χ3n) is 14.6. The monoisotopic (exact) mass is 907 g/mol. The number of H-pyrrole nitrogens is 2. The molecule has 7 heteroatoms. The summed E-state index contributed by atoms with van der Waals surface area (Å²) in [4.78, 5) is 18.9. The topological polar surface area (TPSA) is 118 Å². The van der Waals surface area contributed by atoms with E-state index < -0.39 is 6.10 Å². The number of fused-ring (bicyclic) bond motifs is 8. The zero-order valence-electron chi connectivity index (χ0n) is 41.4. The first kappa shape index (κ1) is 50.0. The van der Waals surface area contributed by atoms with Gasteiger partial charge >= 0.3 is 0 Å². The summed E-state index contributed by atoms with van der Waals surface area (Å²) in [6.07, 6.45) is 32.3. The molecule has 0 amide bonds. The number of hydrogen-bond acceptors (Lipinski definition) is 5. The highest BCUT2D eigenvalue weighted by Crippen LogP contribution is 2.43. The molecule has 5 aromatic rings. The van der Waals surface area contributed by atoms with E-state index in [1.807, 2.05) is 30.3 Å². The second kappa shape index (κ2) is 26.0. The lowest BCUT2D eigenvalue weighted by molar-refractivity contribution is 0.157. The molecule has 2 atom stereocenters. The molecular weight excluding hydrogens is 825 g/mol. The SMILES string of the molecule is CCCCCCCCCCCCCc1c2nc(c(CCCCCCCCCCCCC)c3ccc([nH]3)c(-c3cccc(O)c3)c3ccc([nH]3)c(-c3cccc(O)c3)c3nc1[C@H](O)[C@@H]3C)CCC2. The Labute approximate surface area is 402 Å². The summed E-state index contributed by atoms with van der Waals surface area (Å²) in [6.45, 7) is 6.66. The maximum Gasteiger partial charge on any atom is 0.116 e. The summed E-state index contributed by atoms with van der Waals surface area (Å²) in [5.41, 5.74) is 13.5.